The van der Waals surface area contributed by atoms with Gasteiger partial charge in [-0.15, -0.1) is 0 Å². The maximum absolute atomic E-state index is 5.70. The van der Waals surface area contributed by atoms with E-state index < -0.39 is 0 Å². The van der Waals surface area contributed by atoms with Crippen LogP contribution in [0.3, 0.4) is 0 Å². The van der Waals surface area contributed by atoms with Crippen LogP contribution in [0.25, 0.3) is 0 Å². The summed E-state index contributed by atoms with van der Waals surface area (Å²) in [4.78, 5) is 0. The van der Waals surface area contributed by atoms with E-state index in [2.05, 4.69) is 26.1 Å². The molecule has 2 fully saturated rings. The van der Waals surface area contributed by atoms with E-state index in [9.17, 15) is 0 Å². The van der Waals surface area contributed by atoms with E-state index in [1.807, 2.05) is 0 Å². The van der Waals surface area contributed by atoms with Crippen molar-refractivity contribution in [3.8, 4) is 0 Å². The molecule has 3 atom stereocenters. The lowest BCUT2D eigenvalue weighted by Gasteiger charge is -2.38. The predicted octanol–water partition coefficient (Wildman–Crippen LogP) is 3.85. The first-order valence-electron chi connectivity index (χ1n) is 8.48. The third kappa shape index (κ3) is 5.43. The van der Waals surface area contributed by atoms with Crippen LogP contribution in [0.2, 0.25) is 0 Å². The Kier molecular flexibility index (Phi) is 6.15. The molecule has 0 spiro atoms. The Bertz CT molecular complexity index is 250. The van der Waals surface area contributed by atoms with Crippen LogP contribution in [0.15, 0.2) is 0 Å². The lowest BCUT2D eigenvalue weighted by Crippen LogP contribution is -2.43. The summed E-state index contributed by atoms with van der Waals surface area (Å²) in [6.07, 6.45) is 8.16. The van der Waals surface area contributed by atoms with Crippen LogP contribution in [0.4, 0.5) is 0 Å². The van der Waals surface area contributed by atoms with E-state index in [0.29, 0.717) is 0 Å². The van der Waals surface area contributed by atoms with Crippen LogP contribution in [-0.2, 0) is 4.74 Å². The van der Waals surface area contributed by atoms with Crippen LogP contribution in [0.1, 0.15) is 59.3 Å². The second-order valence-electron chi connectivity index (χ2n) is 7.26. The van der Waals surface area contributed by atoms with E-state index in [1.165, 1.54) is 38.5 Å². The standard InChI is InChI=1S/C17H33NO/c1-13(2)16-8-5-14(3)11-17(16)18-9-4-10-19-12-15-6-7-15/h13-18H,4-12H2,1-3H3/t14-,16-,17+/m0/s1. The minimum Gasteiger partial charge on any atom is -0.381 e. The minimum atomic E-state index is 0.743. The van der Waals surface area contributed by atoms with Gasteiger partial charge in [-0.1, -0.05) is 27.2 Å². The first-order valence-corrected chi connectivity index (χ1v) is 8.48. The molecule has 0 saturated heterocycles. The van der Waals surface area contributed by atoms with Crippen LogP contribution in [0.5, 0.6) is 0 Å². The molecule has 0 aromatic rings. The van der Waals surface area contributed by atoms with Crippen molar-refractivity contribution in [2.75, 3.05) is 19.8 Å². The Hall–Kier alpha value is -0.0800. The van der Waals surface area contributed by atoms with Gasteiger partial charge in [0.1, 0.15) is 0 Å². The molecule has 1 N–H and O–H groups in total. The maximum Gasteiger partial charge on any atom is 0.0494 e. The molecule has 2 aliphatic carbocycles. The van der Waals surface area contributed by atoms with Crippen molar-refractivity contribution in [3.05, 3.63) is 0 Å². The largest absolute Gasteiger partial charge is 0.381 e. The highest BCUT2D eigenvalue weighted by atomic mass is 16.5. The summed E-state index contributed by atoms with van der Waals surface area (Å²) < 4.78 is 5.70. The van der Waals surface area contributed by atoms with Crippen molar-refractivity contribution >= 4 is 0 Å². The topological polar surface area (TPSA) is 21.3 Å². The molecule has 0 aromatic carbocycles. The first kappa shape index (κ1) is 15.3. The highest BCUT2D eigenvalue weighted by molar-refractivity contribution is 4.85. The molecular weight excluding hydrogens is 234 g/mol. The molecule has 19 heavy (non-hydrogen) atoms. The zero-order chi connectivity index (χ0) is 13.7. The van der Waals surface area contributed by atoms with Crippen LogP contribution < -0.4 is 5.32 Å². The quantitative estimate of drug-likeness (QED) is 0.674. The Balaban J connectivity index is 1.58. The molecule has 2 aliphatic rings. The number of hydrogen-bond acceptors (Lipinski definition) is 2. The maximum atomic E-state index is 5.70. The Morgan fingerprint density at radius 3 is 2.63 bits per heavy atom. The second-order valence-corrected chi connectivity index (χ2v) is 7.26. The molecule has 0 aliphatic heterocycles. The van der Waals surface area contributed by atoms with Crippen molar-refractivity contribution in [3.63, 3.8) is 0 Å². The van der Waals surface area contributed by atoms with E-state index in [-0.39, 0.29) is 0 Å². The van der Waals surface area contributed by atoms with Crippen LogP contribution >= 0.6 is 0 Å². The van der Waals surface area contributed by atoms with Crippen molar-refractivity contribution in [1.29, 1.82) is 0 Å². The molecule has 2 saturated carbocycles. The SMILES string of the molecule is CC(C)[C@@H]1CC[C@H](C)C[C@H]1NCCCOCC1CC1. The molecule has 0 heterocycles. The minimum absolute atomic E-state index is 0.743. The van der Waals surface area contributed by atoms with Gasteiger partial charge in [0.15, 0.2) is 0 Å². The van der Waals surface area contributed by atoms with E-state index in [1.54, 1.807) is 0 Å². The van der Waals surface area contributed by atoms with Crippen molar-refractivity contribution < 1.29 is 4.74 Å². The average Bonchev–Trinajstić information content (AvgIpc) is 3.17. The highest BCUT2D eigenvalue weighted by Gasteiger charge is 2.29. The fourth-order valence-corrected chi connectivity index (χ4v) is 3.43. The summed E-state index contributed by atoms with van der Waals surface area (Å²) in [6, 6.07) is 0.743. The zero-order valence-corrected chi connectivity index (χ0v) is 13.2. The van der Waals surface area contributed by atoms with Gasteiger partial charge >= 0.3 is 0 Å². The van der Waals surface area contributed by atoms with E-state index in [0.717, 1.165) is 49.5 Å². The van der Waals surface area contributed by atoms with Crippen molar-refractivity contribution in [1.82, 2.24) is 5.32 Å². The predicted molar refractivity (Wildman–Crippen MR) is 81.3 cm³/mol. The number of ether oxygens (including phenoxy) is 1. The molecule has 0 amide bonds. The molecule has 0 radical (unpaired) electrons. The molecular formula is C17H33NO. The molecule has 2 rings (SSSR count). The zero-order valence-electron chi connectivity index (χ0n) is 13.2. The first-order chi connectivity index (χ1) is 9.16. The summed E-state index contributed by atoms with van der Waals surface area (Å²) in [5.74, 6) is 3.50. The van der Waals surface area contributed by atoms with Gasteiger partial charge in [-0.05, 0) is 62.3 Å². The average molecular weight is 267 g/mol. The molecule has 2 heteroatoms. The Morgan fingerprint density at radius 2 is 1.95 bits per heavy atom. The number of nitrogens with one attached hydrogen (secondary N) is 1. The van der Waals surface area contributed by atoms with Crippen LogP contribution in [0, 0.1) is 23.7 Å². The third-order valence-electron chi connectivity index (χ3n) is 4.94. The monoisotopic (exact) mass is 267 g/mol. The summed E-state index contributed by atoms with van der Waals surface area (Å²) in [5.41, 5.74) is 0. The van der Waals surface area contributed by atoms with E-state index in [4.69, 9.17) is 4.74 Å². The van der Waals surface area contributed by atoms with Crippen molar-refractivity contribution in [2.24, 2.45) is 23.7 Å². The van der Waals surface area contributed by atoms with Gasteiger partial charge in [0, 0.05) is 19.3 Å². The highest BCUT2D eigenvalue weighted by Crippen LogP contribution is 2.33. The lowest BCUT2D eigenvalue weighted by atomic mass is 9.74. The van der Waals surface area contributed by atoms with Gasteiger partial charge < -0.3 is 10.1 Å². The van der Waals surface area contributed by atoms with Gasteiger partial charge in [0.25, 0.3) is 0 Å². The molecule has 0 bridgehead atoms. The fraction of sp³-hybridized carbons (Fsp3) is 1.00. The normalized spacial score (nSPS) is 31.9. The fourth-order valence-electron chi connectivity index (χ4n) is 3.43. The molecule has 112 valence electrons. The number of rotatable bonds is 8. The van der Waals surface area contributed by atoms with E-state index >= 15 is 0 Å². The van der Waals surface area contributed by atoms with Gasteiger partial charge in [0.05, 0.1) is 0 Å². The Morgan fingerprint density at radius 1 is 1.16 bits per heavy atom. The van der Waals surface area contributed by atoms with Gasteiger partial charge in [0.2, 0.25) is 0 Å². The van der Waals surface area contributed by atoms with Gasteiger partial charge in [-0.25, -0.2) is 0 Å². The van der Waals surface area contributed by atoms with Gasteiger partial charge in [-0.2, -0.15) is 0 Å². The smallest absolute Gasteiger partial charge is 0.0494 e. The molecule has 0 aromatic heterocycles. The second kappa shape index (κ2) is 7.64. The Labute approximate surface area is 119 Å². The third-order valence-corrected chi connectivity index (χ3v) is 4.94. The summed E-state index contributed by atoms with van der Waals surface area (Å²) in [6.45, 7) is 10.3. The van der Waals surface area contributed by atoms with Crippen molar-refractivity contribution in [2.45, 2.75) is 65.3 Å². The van der Waals surface area contributed by atoms with Gasteiger partial charge in [-0.3, -0.25) is 0 Å². The summed E-state index contributed by atoms with van der Waals surface area (Å²) in [7, 11) is 0. The van der Waals surface area contributed by atoms with Crippen LogP contribution in [-0.4, -0.2) is 25.8 Å². The number of hydrogen-bond donors (Lipinski definition) is 1. The summed E-state index contributed by atoms with van der Waals surface area (Å²) in [5, 5.41) is 3.81. The molecule has 0 unspecified atom stereocenters. The molecule has 2 nitrogen and oxygen atoms in total. The summed E-state index contributed by atoms with van der Waals surface area (Å²) >= 11 is 0. The lowest BCUT2D eigenvalue weighted by molar-refractivity contribution is 0.117.